The van der Waals surface area contributed by atoms with Crippen LogP contribution in [0.3, 0.4) is 0 Å². The van der Waals surface area contributed by atoms with Crippen LogP contribution in [0.15, 0.2) is 42.5 Å². The van der Waals surface area contributed by atoms with E-state index in [1.807, 2.05) is 0 Å². The molecule has 2 aromatic carbocycles. The van der Waals surface area contributed by atoms with Gasteiger partial charge in [0.1, 0.15) is 12.2 Å². The zero-order valence-corrected chi connectivity index (χ0v) is 23.1. The number of carbonyl (C=O) groups excluding carboxylic acids is 1. The Labute approximate surface area is 226 Å². The van der Waals surface area contributed by atoms with Crippen LogP contribution in [0.4, 0.5) is 0 Å². The Bertz CT molecular complexity index is 1200. The summed E-state index contributed by atoms with van der Waals surface area (Å²) in [5, 5.41) is 9.99. The first-order valence-corrected chi connectivity index (χ1v) is 14.3. The first-order valence-electron chi connectivity index (χ1n) is 11.5. The maximum atomic E-state index is 13.7. The van der Waals surface area contributed by atoms with Gasteiger partial charge in [0, 0.05) is 21.1 Å². The number of sulfone groups is 1. The van der Waals surface area contributed by atoms with Gasteiger partial charge in [-0.05, 0) is 61.7 Å². The molecule has 3 rings (SSSR count). The van der Waals surface area contributed by atoms with E-state index in [0.717, 1.165) is 0 Å². The number of carboxylic acid groups (broad SMARTS) is 1. The van der Waals surface area contributed by atoms with E-state index in [2.05, 4.69) is 0 Å². The first-order chi connectivity index (χ1) is 16.8. The van der Waals surface area contributed by atoms with Crippen molar-refractivity contribution in [3.63, 3.8) is 0 Å². The summed E-state index contributed by atoms with van der Waals surface area (Å²) in [6.07, 6.45) is -2.46. The molecule has 7 nitrogen and oxygen atoms in total. The Kier molecular flexibility index (Phi) is 9.33. The van der Waals surface area contributed by atoms with Crippen LogP contribution >= 0.6 is 34.8 Å². The summed E-state index contributed by atoms with van der Waals surface area (Å²) in [7, 11) is -3.55. The fourth-order valence-corrected chi connectivity index (χ4v) is 6.30. The molecule has 1 aliphatic heterocycles. The minimum atomic E-state index is -3.55. The average molecular weight is 577 g/mol. The number of nitrogens with zero attached hydrogens (tertiary/aromatic N) is 1. The van der Waals surface area contributed by atoms with Crippen LogP contribution < -0.4 is 0 Å². The van der Waals surface area contributed by atoms with Crippen molar-refractivity contribution in [3.8, 4) is 0 Å². The van der Waals surface area contributed by atoms with E-state index in [4.69, 9.17) is 39.5 Å². The molecule has 0 saturated carbocycles. The third-order valence-corrected chi connectivity index (χ3v) is 9.19. The highest BCUT2D eigenvalue weighted by molar-refractivity contribution is 7.92. The summed E-state index contributed by atoms with van der Waals surface area (Å²) in [5.74, 6) is -2.09. The molecular formula is C25H28Cl3NO6S. The van der Waals surface area contributed by atoms with Crippen LogP contribution in [0.1, 0.15) is 56.9 Å². The molecule has 0 spiro atoms. The van der Waals surface area contributed by atoms with Crippen LogP contribution in [0.5, 0.6) is 0 Å². The molecule has 1 amide bonds. The Morgan fingerprint density at radius 2 is 1.61 bits per heavy atom. The van der Waals surface area contributed by atoms with E-state index in [9.17, 15) is 23.1 Å². The molecule has 4 atom stereocenters. The number of halogens is 3. The van der Waals surface area contributed by atoms with Gasteiger partial charge in [0.2, 0.25) is 0 Å². The molecule has 11 heteroatoms. The molecule has 1 aliphatic rings. The Morgan fingerprint density at radius 1 is 1.03 bits per heavy atom. The normalized spacial score (nSPS) is 21.6. The zero-order chi connectivity index (χ0) is 26.8. The van der Waals surface area contributed by atoms with Crippen molar-refractivity contribution in [2.75, 3.05) is 5.75 Å². The van der Waals surface area contributed by atoms with Crippen LogP contribution in [-0.2, 0) is 24.2 Å². The van der Waals surface area contributed by atoms with E-state index in [0.29, 0.717) is 32.6 Å². The van der Waals surface area contributed by atoms with Gasteiger partial charge in [0.15, 0.2) is 9.84 Å². The number of aliphatic carboxylic acids is 1. The van der Waals surface area contributed by atoms with Crippen LogP contribution in [-0.4, -0.2) is 53.4 Å². The molecule has 36 heavy (non-hydrogen) atoms. The predicted molar refractivity (Wildman–Crippen MR) is 140 cm³/mol. The van der Waals surface area contributed by atoms with Gasteiger partial charge in [0.25, 0.3) is 5.91 Å². The quantitative estimate of drug-likeness (QED) is 0.409. The first kappa shape index (κ1) is 28.7. The molecule has 196 valence electrons. The number of rotatable bonds is 9. The van der Waals surface area contributed by atoms with Crippen LogP contribution in [0.25, 0.3) is 0 Å². The maximum absolute atomic E-state index is 13.7. The summed E-state index contributed by atoms with van der Waals surface area (Å²) < 4.78 is 32.0. The Morgan fingerprint density at radius 3 is 2.11 bits per heavy atom. The number of hydrogen-bond acceptors (Lipinski definition) is 5. The van der Waals surface area contributed by atoms with Crippen LogP contribution in [0.2, 0.25) is 15.1 Å². The standard InChI is InChI=1S/C25H28Cl3NO6S/c1-4-20(13-36(33,34)14(2)3)29-23(15-5-7-17(26)8-6-15)24(16-9-18(27)11-19(28)10-16)35-21(25(29)32)12-22(30)31/h5-11,14,20-21,23-24H,4,12-13H2,1-3H3,(H,30,31)/t20?,21-,23?,24?/m1/s1. The third kappa shape index (κ3) is 6.53. The summed E-state index contributed by atoms with van der Waals surface area (Å²) in [4.78, 5) is 26.8. The lowest BCUT2D eigenvalue weighted by Gasteiger charge is -2.48. The number of hydrogen-bond donors (Lipinski definition) is 1. The minimum Gasteiger partial charge on any atom is -0.481 e. The maximum Gasteiger partial charge on any atom is 0.306 e. The second-order valence-corrected chi connectivity index (χ2v) is 12.9. The molecule has 1 fully saturated rings. The molecular weight excluding hydrogens is 549 g/mol. The smallest absolute Gasteiger partial charge is 0.306 e. The average Bonchev–Trinajstić information content (AvgIpc) is 2.78. The highest BCUT2D eigenvalue weighted by Gasteiger charge is 2.48. The van der Waals surface area contributed by atoms with Crippen molar-refractivity contribution < 1.29 is 27.9 Å². The third-order valence-electron chi connectivity index (χ3n) is 6.22. The number of amides is 1. The van der Waals surface area contributed by atoms with Crippen molar-refractivity contribution in [1.29, 1.82) is 0 Å². The fraction of sp³-hybridized carbons (Fsp3) is 0.440. The van der Waals surface area contributed by atoms with Crippen molar-refractivity contribution >= 4 is 56.5 Å². The molecule has 3 unspecified atom stereocenters. The van der Waals surface area contributed by atoms with Gasteiger partial charge in [0.05, 0.1) is 23.5 Å². The van der Waals surface area contributed by atoms with E-state index in [-0.39, 0.29) is 5.75 Å². The van der Waals surface area contributed by atoms with Gasteiger partial charge in [-0.1, -0.05) is 53.9 Å². The summed E-state index contributed by atoms with van der Waals surface area (Å²) in [5.41, 5.74) is 1.17. The van der Waals surface area contributed by atoms with Gasteiger partial charge in [-0.2, -0.15) is 0 Å². The van der Waals surface area contributed by atoms with Crippen molar-refractivity contribution in [2.45, 2.75) is 63.2 Å². The fourth-order valence-electron chi connectivity index (χ4n) is 4.31. The molecule has 1 heterocycles. The minimum absolute atomic E-state index is 0.278. The summed E-state index contributed by atoms with van der Waals surface area (Å²) in [6, 6.07) is 10.1. The zero-order valence-electron chi connectivity index (χ0n) is 20.0. The molecule has 1 N–H and O–H groups in total. The van der Waals surface area contributed by atoms with E-state index in [1.54, 1.807) is 63.2 Å². The van der Waals surface area contributed by atoms with Crippen molar-refractivity contribution in [3.05, 3.63) is 68.7 Å². The summed E-state index contributed by atoms with van der Waals surface area (Å²) >= 11 is 18.7. The number of carbonyl (C=O) groups is 2. The monoisotopic (exact) mass is 575 g/mol. The van der Waals surface area contributed by atoms with Gasteiger partial charge in [-0.15, -0.1) is 0 Å². The van der Waals surface area contributed by atoms with E-state index in [1.165, 1.54) is 4.90 Å². The number of carboxylic acids is 1. The number of benzene rings is 2. The van der Waals surface area contributed by atoms with Gasteiger partial charge in [-0.3, -0.25) is 9.59 Å². The Hall–Kier alpha value is -1.84. The van der Waals surface area contributed by atoms with Gasteiger partial charge in [-0.25, -0.2) is 8.42 Å². The second kappa shape index (κ2) is 11.7. The van der Waals surface area contributed by atoms with Gasteiger partial charge >= 0.3 is 5.97 Å². The highest BCUT2D eigenvalue weighted by Crippen LogP contribution is 2.45. The van der Waals surface area contributed by atoms with E-state index >= 15 is 0 Å². The second-order valence-electron chi connectivity index (χ2n) is 9.03. The lowest BCUT2D eigenvalue weighted by atomic mass is 9.89. The number of morpholine rings is 1. The topological polar surface area (TPSA) is 101 Å². The molecule has 1 saturated heterocycles. The van der Waals surface area contributed by atoms with E-state index < -0.39 is 57.7 Å². The lowest BCUT2D eigenvalue weighted by Crippen LogP contribution is -2.56. The molecule has 0 aromatic heterocycles. The van der Waals surface area contributed by atoms with Crippen molar-refractivity contribution in [2.24, 2.45) is 0 Å². The van der Waals surface area contributed by atoms with Crippen molar-refractivity contribution in [1.82, 2.24) is 4.90 Å². The largest absolute Gasteiger partial charge is 0.481 e. The lowest BCUT2D eigenvalue weighted by molar-refractivity contribution is -0.182. The Balaban J connectivity index is 2.23. The molecule has 0 radical (unpaired) electrons. The SMILES string of the molecule is CCC(CS(=O)(=O)C(C)C)N1C(=O)[C@@H](CC(=O)O)OC(c2cc(Cl)cc(Cl)c2)C1c1ccc(Cl)cc1. The molecule has 0 aliphatic carbocycles. The molecule has 0 bridgehead atoms. The van der Waals surface area contributed by atoms with Gasteiger partial charge < -0.3 is 14.7 Å². The predicted octanol–water partition coefficient (Wildman–Crippen LogP) is 5.73. The molecule has 2 aromatic rings. The highest BCUT2D eigenvalue weighted by atomic mass is 35.5. The number of ether oxygens (including phenoxy) is 1. The van der Waals surface area contributed by atoms with Crippen LogP contribution in [0, 0.1) is 0 Å². The summed E-state index contributed by atoms with van der Waals surface area (Å²) in [6.45, 7) is 4.97.